The van der Waals surface area contributed by atoms with Gasteiger partial charge in [0.1, 0.15) is 12.4 Å². The topological polar surface area (TPSA) is 76.5 Å². The van der Waals surface area contributed by atoms with Gasteiger partial charge in [-0.3, -0.25) is 9.59 Å². The number of nitrogens with one attached hydrogen (secondary N) is 1. The van der Waals surface area contributed by atoms with Gasteiger partial charge in [0.05, 0.1) is 28.0 Å². The van der Waals surface area contributed by atoms with Gasteiger partial charge in [-0.1, -0.05) is 63.7 Å². The highest BCUT2D eigenvalue weighted by Crippen LogP contribution is 2.29. The van der Waals surface area contributed by atoms with Gasteiger partial charge in [-0.25, -0.2) is 4.68 Å². The largest absolute Gasteiger partial charge is 0.375 e. The minimum absolute atomic E-state index is 0.0607. The summed E-state index contributed by atoms with van der Waals surface area (Å²) in [5, 5.41) is 8.41. The summed E-state index contributed by atoms with van der Waals surface area (Å²) in [5.74, 6) is -0.0363. The number of amides is 2. The van der Waals surface area contributed by atoms with E-state index in [1.165, 1.54) is 12.0 Å². The molecule has 0 aliphatic heterocycles. The van der Waals surface area contributed by atoms with Crippen LogP contribution in [0.5, 0.6) is 0 Å². The third-order valence-electron chi connectivity index (χ3n) is 4.88. The number of hydrogen-bond acceptors (Lipinski definition) is 4. The summed E-state index contributed by atoms with van der Waals surface area (Å²) in [6.07, 6.45) is 2.84. The number of nitrogens with zero attached hydrogens (tertiary/aromatic N) is 3. The number of aromatic nitrogens is 2. The molecule has 0 spiro atoms. The minimum atomic E-state index is -0.312. The zero-order chi connectivity index (χ0) is 23.9. The van der Waals surface area contributed by atoms with E-state index in [0.29, 0.717) is 28.1 Å². The Kier molecular flexibility index (Phi) is 9.55. The Bertz CT molecular complexity index is 938. The second-order valence-corrected chi connectivity index (χ2v) is 9.49. The van der Waals surface area contributed by atoms with E-state index in [2.05, 4.69) is 17.3 Å². The summed E-state index contributed by atoms with van der Waals surface area (Å²) in [4.78, 5) is 26.8. The molecule has 0 aliphatic carbocycles. The summed E-state index contributed by atoms with van der Waals surface area (Å²) >= 11 is 12.3. The van der Waals surface area contributed by atoms with E-state index in [0.717, 1.165) is 25.0 Å². The van der Waals surface area contributed by atoms with Gasteiger partial charge in [0.15, 0.2) is 0 Å². The average molecular weight is 483 g/mol. The van der Waals surface area contributed by atoms with Crippen LogP contribution in [0.3, 0.4) is 0 Å². The maximum absolute atomic E-state index is 12.9. The van der Waals surface area contributed by atoms with Crippen LogP contribution in [-0.2, 0) is 19.7 Å². The smallest absolute Gasteiger partial charge is 0.249 e. The molecule has 0 saturated carbocycles. The standard InChI is InChI=1S/C23H32Cl2N4O3/c1-6-7-8-11-28(22(31)15-32-5)14-21(30)26-20-13-19(23(2,3)4)27-29(20)16-9-10-17(24)18(25)12-16/h9-10,12-13H,6-8,11,14-15H2,1-5H3,(H,26,30). The lowest BCUT2D eigenvalue weighted by molar-refractivity contribution is -0.138. The molecule has 7 nitrogen and oxygen atoms in total. The number of anilines is 1. The van der Waals surface area contributed by atoms with Crippen molar-refractivity contribution in [2.45, 2.75) is 52.4 Å². The lowest BCUT2D eigenvalue weighted by Gasteiger charge is -2.22. The van der Waals surface area contributed by atoms with Crippen LogP contribution in [0.15, 0.2) is 24.3 Å². The average Bonchev–Trinajstić information content (AvgIpc) is 3.13. The predicted octanol–water partition coefficient (Wildman–Crippen LogP) is 5.08. The van der Waals surface area contributed by atoms with Crippen LogP contribution in [0.2, 0.25) is 10.0 Å². The van der Waals surface area contributed by atoms with Crippen LogP contribution in [0.4, 0.5) is 5.82 Å². The lowest BCUT2D eigenvalue weighted by atomic mass is 9.92. The number of methoxy groups -OCH3 is 1. The number of benzene rings is 1. The molecule has 2 amide bonds. The van der Waals surface area contributed by atoms with Crippen LogP contribution in [0, 0.1) is 0 Å². The van der Waals surface area contributed by atoms with Crippen molar-refractivity contribution in [1.82, 2.24) is 14.7 Å². The monoisotopic (exact) mass is 482 g/mol. The molecule has 0 fully saturated rings. The summed E-state index contributed by atoms with van der Waals surface area (Å²) in [7, 11) is 1.46. The van der Waals surface area contributed by atoms with Crippen molar-refractivity contribution in [3.05, 3.63) is 40.0 Å². The molecule has 2 aromatic rings. The van der Waals surface area contributed by atoms with Crippen molar-refractivity contribution in [3.8, 4) is 5.69 Å². The Hall–Kier alpha value is -2.09. The Morgan fingerprint density at radius 2 is 1.88 bits per heavy atom. The van der Waals surface area contributed by atoms with Gasteiger partial charge in [-0.2, -0.15) is 5.10 Å². The number of unbranched alkanes of at least 4 members (excludes halogenated alkanes) is 2. The number of rotatable bonds is 10. The zero-order valence-electron chi connectivity index (χ0n) is 19.4. The minimum Gasteiger partial charge on any atom is -0.375 e. The van der Waals surface area contributed by atoms with E-state index in [-0.39, 0.29) is 30.4 Å². The number of hydrogen-bond donors (Lipinski definition) is 1. The van der Waals surface area contributed by atoms with Gasteiger partial charge in [0.2, 0.25) is 11.8 Å². The molecule has 9 heteroatoms. The second kappa shape index (κ2) is 11.7. The van der Waals surface area contributed by atoms with E-state index >= 15 is 0 Å². The molecule has 0 atom stereocenters. The van der Waals surface area contributed by atoms with Crippen LogP contribution in [-0.4, -0.2) is 53.3 Å². The van der Waals surface area contributed by atoms with Crippen molar-refractivity contribution in [2.75, 3.05) is 32.1 Å². The quantitative estimate of drug-likeness (QED) is 0.478. The highest BCUT2D eigenvalue weighted by Gasteiger charge is 2.23. The van der Waals surface area contributed by atoms with Crippen LogP contribution >= 0.6 is 23.2 Å². The number of ether oxygens (including phenoxy) is 1. The Morgan fingerprint density at radius 1 is 1.16 bits per heavy atom. The first-order chi connectivity index (χ1) is 15.1. The maximum atomic E-state index is 12.9. The molecule has 1 N–H and O–H groups in total. The van der Waals surface area contributed by atoms with E-state index in [9.17, 15) is 9.59 Å². The first-order valence-corrected chi connectivity index (χ1v) is 11.4. The molecular formula is C23H32Cl2N4O3. The number of carbonyl (C=O) groups is 2. The third kappa shape index (κ3) is 7.22. The van der Waals surface area contributed by atoms with Gasteiger partial charge in [-0.05, 0) is 24.6 Å². The third-order valence-corrected chi connectivity index (χ3v) is 5.62. The van der Waals surface area contributed by atoms with Crippen molar-refractivity contribution in [3.63, 3.8) is 0 Å². The molecule has 176 valence electrons. The summed E-state index contributed by atoms with van der Waals surface area (Å²) in [5.41, 5.74) is 1.23. The molecular weight excluding hydrogens is 451 g/mol. The van der Waals surface area contributed by atoms with Crippen molar-refractivity contribution < 1.29 is 14.3 Å². The number of carbonyl (C=O) groups excluding carboxylic acids is 2. The maximum Gasteiger partial charge on any atom is 0.249 e. The SMILES string of the molecule is CCCCCN(CC(=O)Nc1cc(C(C)(C)C)nn1-c1ccc(Cl)c(Cl)c1)C(=O)COC. The first-order valence-electron chi connectivity index (χ1n) is 10.7. The molecule has 32 heavy (non-hydrogen) atoms. The zero-order valence-corrected chi connectivity index (χ0v) is 20.9. The molecule has 0 saturated heterocycles. The summed E-state index contributed by atoms with van der Waals surface area (Å²) in [6.45, 7) is 8.59. The molecule has 0 unspecified atom stereocenters. The molecule has 0 aliphatic rings. The van der Waals surface area contributed by atoms with Crippen molar-refractivity contribution >= 4 is 40.8 Å². The van der Waals surface area contributed by atoms with Crippen molar-refractivity contribution in [1.29, 1.82) is 0 Å². The molecule has 2 rings (SSSR count). The Balaban J connectivity index is 2.28. The molecule has 0 bridgehead atoms. The molecule has 1 aromatic heterocycles. The lowest BCUT2D eigenvalue weighted by Crippen LogP contribution is -2.40. The second-order valence-electron chi connectivity index (χ2n) is 8.68. The fourth-order valence-corrected chi connectivity index (χ4v) is 3.36. The highest BCUT2D eigenvalue weighted by atomic mass is 35.5. The first kappa shape index (κ1) is 26.2. The van der Waals surface area contributed by atoms with Crippen LogP contribution in [0.1, 0.15) is 52.7 Å². The van der Waals surface area contributed by atoms with Gasteiger partial charge in [0.25, 0.3) is 0 Å². The predicted molar refractivity (Wildman–Crippen MR) is 129 cm³/mol. The van der Waals surface area contributed by atoms with Crippen LogP contribution < -0.4 is 5.32 Å². The van der Waals surface area contributed by atoms with E-state index in [1.807, 2.05) is 26.8 Å². The normalized spacial score (nSPS) is 11.5. The highest BCUT2D eigenvalue weighted by molar-refractivity contribution is 6.42. The molecule has 1 heterocycles. The summed E-state index contributed by atoms with van der Waals surface area (Å²) < 4.78 is 6.59. The fraction of sp³-hybridized carbons (Fsp3) is 0.522. The van der Waals surface area contributed by atoms with Crippen LogP contribution in [0.25, 0.3) is 5.69 Å². The van der Waals surface area contributed by atoms with Gasteiger partial charge < -0.3 is 15.0 Å². The Labute approximate surface area is 200 Å². The van der Waals surface area contributed by atoms with Gasteiger partial charge >= 0.3 is 0 Å². The van der Waals surface area contributed by atoms with Gasteiger partial charge in [0, 0.05) is 25.1 Å². The fourth-order valence-electron chi connectivity index (χ4n) is 3.07. The number of halogens is 2. The Morgan fingerprint density at radius 3 is 2.47 bits per heavy atom. The van der Waals surface area contributed by atoms with E-state index in [1.54, 1.807) is 22.9 Å². The summed E-state index contributed by atoms with van der Waals surface area (Å²) in [6, 6.07) is 6.99. The van der Waals surface area contributed by atoms with Gasteiger partial charge in [-0.15, -0.1) is 0 Å². The molecule has 1 aromatic carbocycles. The van der Waals surface area contributed by atoms with E-state index < -0.39 is 0 Å². The molecule has 0 radical (unpaired) electrons. The van der Waals surface area contributed by atoms with Crippen molar-refractivity contribution in [2.24, 2.45) is 0 Å². The van der Waals surface area contributed by atoms with E-state index in [4.69, 9.17) is 27.9 Å².